The molecule has 1 atom stereocenters. The fourth-order valence-electron chi connectivity index (χ4n) is 11.0. The van der Waals surface area contributed by atoms with Crippen LogP contribution < -0.4 is 4.90 Å². The molecule has 0 bridgehead atoms. The van der Waals surface area contributed by atoms with Gasteiger partial charge in [-0.3, -0.25) is 0 Å². The molecule has 1 aromatic heterocycles. The van der Waals surface area contributed by atoms with Crippen LogP contribution in [0.5, 0.6) is 0 Å². The first-order valence-electron chi connectivity index (χ1n) is 23.8. The van der Waals surface area contributed by atoms with Gasteiger partial charge in [-0.15, -0.1) is 0 Å². The van der Waals surface area contributed by atoms with Gasteiger partial charge in [0.25, 0.3) is 0 Å². The average molecular weight is 855 g/mol. The fraction of sp³-hybridized carbons (Fsp3) is 0.188. The Kier molecular flexibility index (Phi) is 10.1. The van der Waals surface area contributed by atoms with Crippen LogP contribution in [0.1, 0.15) is 82.2 Å². The van der Waals surface area contributed by atoms with Crippen molar-refractivity contribution in [3.8, 4) is 27.9 Å². The lowest BCUT2D eigenvalue weighted by Gasteiger charge is -2.30. The first kappa shape index (κ1) is 41.5. The number of rotatable bonds is 10. The minimum absolute atomic E-state index is 0.106. The largest absolute Gasteiger partial charge is 0.310 e. The van der Waals surface area contributed by atoms with Crippen molar-refractivity contribution in [3.63, 3.8) is 0 Å². The summed E-state index contributed by atoms with van der Waals surface area (Å²) in [5.41, 5.74) is 18.8. The lowest BCUT2D eigenvalue weighted by Crippen LogP contribution is -2.20. The molecule has 11 rings (SSSR count). The number of para-hydroxylation sites is 2. The number of benzene rings is 9. The normalized spacial score (nSPS) is 13.6. The van der Waals surface area contributed by atoms with E-state index in [1.165, 1.54) is 99.7 Å². The molecule has 1 aliphatic rings. The minimum atomic E-state index is -0.111. The van der Waals surface area contributed by atoms with Crippen molar-refractivity contribution in [1.82, 2.24) is 4.57 Å². The van der Waals surface area contributed by atoms with Crippen molar-refractivity contribution in [2.24, 2.45) is 5.92 Å². The Balaban J connectivity index is 0.950. The lowest BCUT2D eigenvalue weighted by molar-refractivity contribution is 0.522. The van der Waals surface area contributed by atoms with Crippen molar-refractivity contribution >= 4 is 49.6 Å². The molecular weight excluding hydrogens is 797 g/mol. The topological polar surface area (TPSA) is 8.17 Å². The van der Waals surface area contributed by atoms with Crippen molar-refractivity contribution in [3.05, 3.63) is 228 Å². The predicted molar refractivity (Wildman–Crippen MR) is 282 cm³/mol. The van der Waals surface area contributed by atoms with E-state index in [9.17, 15) is 0 Å². The Morgan fingerprint density at radius 3 is 1.98 bits per heavy atom. The van der Waals surface area contributed by atoms with E-state index in [1.807, 2.05) is 0 Å². The van der Waals surface area contributed by atoms with E-state index in [0.717, 1.165) is 12.1 Å². The molecule has 1 heterocycles. The number of aromatic nitrogens is 1. The van der Waals surface area contributed by atoms with E-state index in [1.54, 1.807) is 0 Å². The monoisotopic (exact) mass is 854 g/mol. The van der Waals surface area contributed by atoms with Gasteiger partial charge in [-0.05, 0) is 122 Å². The number of fused-ring (bicyclic) bond motifs is 8. The molecule has 1 unspecified atom stereocenters. The Bertz CT molecular complexity index is 3430. The van der Waals surface area contributed by atoms with Crippen LogP contribution in [0.2, 0.25) is 0 Å². The van der Waals surface area contributed by atoms with Crippen molar-refractivity contribution in [2.45, 2.75) is 71.6 Å². The van der Waals surface area contributed by atoms with E-state index in [-0.39, 0.29) is 10.8 Å². The van der Waals surface area contributed by atoms with E-state index in [0.29, 0.717) is 11.8 Å². The Labute approximate surface area is 390 Å². The summed E-state index contributed by atoms with van der Waals surface area (Å²) in [4.78, 5) is 2.48. The predicted octanol–water partition coefficient (Wildman–Crippen LogP) is 17.7. The molecule has 0 aliphatic heterocycles. The molecule has 324 valence electrons. The van der Waals surface area contributed by atoms with Crippen LogP contribution in [0.25, 0.3) is 60.5 Å². The van der Waals surface area contributed by atoms with E-state index >= 15 is 0 Å². The quantitative estimate of drug-likeness (QED) is 0.133. The number of hydrogen-bond acceptors (Lipinski definition) is 1. The molecule has 1 aliphatic carbocycles. The zero-order chi connectivity index (χ0) is 45.3. The Hall–Kier alpha value is -7.16. The van der Waals surface area contributed by atoms with Gasteiger partial charge in [0.15, 0.2) is 0 Å². The first-order valence-corrected chi connectivity index (χ1v) is 23.8. The standard InChI is InChI=1S/C64H58N2/c1-42(2)43(3)45-27-32-49(33-28-45)65(51-36-38-55-54-22-10-13-24-58(54)64(6,7)59(55)40-51)60-25-14-11-20-52(60)47-19-16-17-44(39-47)41-63(4,5)48-30-34-50(35-31-48)66-61-26-15-12-23-56(61)57-37-29-46-18-8-9-21-53(46)62(57)66/h8-40,42-43H,41H2,1-7H3. The molecule has 10 aromatic rings. The third-order valence-corrected chi connectivity index (χ3v) is 15.0. The van der Waals surface area contributed by atoms with Gasteiger partial charge in [-0.1, -0.05) is 200 Å². The van der Waals surface area contributed by atoms with Gasteiger partial charge in [0.1, 0.15) is 0 Å². The highest BCUT2D eigenvalue weighted by Crippen LogP contribution is 2.51. The molecule has 0 fully saturated rings. The maximum absolute atomic E-state index is 2.48. The van der Waals surface area contributed by atoms with Crippen LogP contribution in [0, 0.1) is 5.92 Å². The van der Waals surface area contributed by atoms with Gasteiger partial charge in [0.05, 0.1) is 16.7 Å². The maximum Gasteiger partial charge on any atom is 0.0619 e. The van der Waals surface area contributed by atoms with E-state index < -0.39 is 0 Å². The summed E-state index contributed by atoms with van der Waals surface area (Å²) < 4.78 is 2.46. The number of hydrogen-bond donors (Lipinski definition) is 0. The summed E-state index contributed by atoms with van der Waals surface area (Å²) in [6.07, 6.45) is 0.905. The summed E-state index contributed by atoms with van der Waals surface area (Å²) in [6, 6.07) is 75.0. The second-order valence-electron chi connectivity index (χ2n) is 20.2. The molecule has 0 saturated carbocycles. The van der Waals surface area contributed by atoms with Gasteiger partial charge in [-0.25, -0.2) is 0 Å². The lowest BCUT2D eigenvalue weighted by atomic mass is 9.79. The second kappa shape index (κ2) is 16.1. The highest BCUT2D eigenvalue weighted by Gasteiger charge is 2.36. The molecule has 0 amide bonds. The molecule has 2 heteroatoms. The summed E-state index contributed by atoms with van der Waals surface area (Å²) in [5.74, 6) is 1.04. The summed E-state index contributed by atoms with van der Waals surface area (Å²) in [6.45, 7) is 16.5. The smallest absolute Gasteiger partial charge is 0.0619 e. The van der Waals surface area contributed by atoms with Gasteiger partial charge in [0.2, 0.25) is 0 Å². The molecule has 0 saturated heterocycles. The SMILES string of the molecule is CC(C)C(C)c1ccc(N(c2ccc3c(c2)C(C)(C)c2ccccc2-3)c2ccccc2-c2cccc(CC(C)(C)c3ccc(-n4c5ccccc5c5ccc6ccccc6c54)cc3)c2)cc1. The molecule has 0 radical (unpaired) electrons. The van der Waals surface area contributed by atoms with Gasteiger partial charge < -0.3 is 9.47 Å². The molecular formula is C64H58N2. The molecule has 9 aromatic carbocycles. The van der Waals surface area contributed by atoms with Crippen molar-refractivity contribution in [2.75, 3.05) is 4.90 Å². The van der Waals surface area contributed by atoms with Crippen LogP contribution in [0.15, 0.2) is 200 Å². The van der Waals surface area contributed by atoms with Gasteiger partial charge >= 0.3 is 0 Å². The third kappa shape index (κ3) is 6.94. The minimum Gasteiger partial charge on any atom is -0.310 e. The molecule has 0 spiro atoms. The Morgan fingerprint density at radius 1 is 0.530 bits per heavy atom. The van der Waals surface area contributed by atoms with Gasteiger partial charge in [0, 0.05) is 44.2 Å². The molecule has 66 heavy (non-hydrogen) atoms. The van der Waals surface area contributed by atoms with Crippen LogP contribution in [0.4, 0.5) is 17.1 Å². The zero-order valence-corrected chi connectivity index (χ0v) is 39.3. The summed E-state index contributed by atoms with van der Waals surface area (Å²) in [5, 5.41) is 5.10. The molecule has 0 N–H and O–H groups in total. The van der Waals surface area contributed by atoms with Gasteiger partial charge in [-0.2, -0.15) is 0 Å². The Morgan fingerprint density at radius 2 is 1.20 bits per heavy atom. The third-order valence-electron chi connectivity index (χ3n) is 15.0. The average Bonchev–Trinajstić information content (AvgIpc) is 3.80. The van der Waals surface area contributed by atoms with E-state index in [2.05, 4.69) is 258 Å². The van der Waals surface area contributed by atoms with Crippen LogP contribution >= 0.6 is 0 Å². The second-order valence-corrected chi connectivity index (χ2v) is 20.2. The highest BCUT2D eigenvalue weighted by molar-refractivity contribution is 6.18. The number of nitrogens with zero attached hydrogens (tertiary/aromatic N) is 2. The van der Waals surface area contributed by atoms with Crippen molar-refractivity contribution < 1.29 is 0 Å². The highest BCUT2D eigenvalue weighted by atomic mass is 15.1. The first-order chi connectivity index (χ1) is 32.0. The summed E-state index contributed by atoms with van der Waals surface area (Å²) >= 11 is 0. The van der Waals surface area contributed by atoms with Crippen LogP contribution in [-0.2, 0) is 17.3 Å². The zero-order valence-electron chi connectivity index (χ0n) is 39.3. The maximum atomic E-state index is 2.48. The fourth-order valence-corrected chi connectivity index (χ4v) is 11.0. The summed E-state index contributed by atoms with van der Waals surface area (Å²) in [7, 11) is 0. The molecule has 2 nitrogen and oxygen atoms in total. The van der Waals surface area contributed by atoms with Crippen LogP contribution in [0.3, 0.4) is 0 Å². The number of anilines is 3. The van der Waals surface area contributed by atoms with E-state index in [4.69, 9.17) is 0 Å². The van der Waals surface area contributed by atoms with Crippen LogP contribution in [-0.4, -0.2) is 4.57 Å². The van der Waals surface area contributed by atoms with Crippen molar-refractivity contribution in [1.29, 1.82) is 0 Å².